The molecule has 7 heteroatoms. The lowest BCUT2D eigenvalue weighted by Gasteiger charge is -2.31. The van der Waals surface area contributed by atoms with Gasteiger partial charge in [-0.2, -0.15) is 0 Å². The maximum absolute atomic E-state index is 12.4. The van der Waals surface area contributed by atoms with E-state index in [1.54, 1.807) is 41.3 Å². The van der Waals surface area contributed by atoms with Crippen LogP contribution in [0.4, 0.5) is 0 Å². The highest BCUT2D eigenvalue weighted by Crippen LogP contribution is 2.47. The number of fused-ring (bicyclic) bond motifs is 1. The second kappa shape index (κ2) is 6.93. The number of nitrogens with zero attached hydrogens (tertiary/aromatic N) is 1. The van der Waals surface area contributed by atoms with Crippen LogP contribution in [-0.4, -0.2) is 30.1 Å². The highest BCUT2D eigenvalue weighted by molar-refractivity contribution is 6.42. The Kier molecular flexibility index (Phi) is 4.78. The van der Waals surface area contributed by atoms with E-state index in [1.807, 2.05) is 6.07 Å². The number of amides is 1. The van der Waals surface area contributed by atoms with Crippen molar-refractivity contribution in [2.75, 3.05) is 13.2 Å². The molecule has 26 heavy (non-hydrogen) atoms. The predicted octanol–water partition coefficient (Wildman–Crippen LogP) is 4.90. The summed E-state index contributed by atoms with van der Waals surface area (Å²) in [6.45, 7) is 0.821. The predicted molar refractivity (Wildman–Crippen MR) is 101 cm³/mol. The van der Waals surface area contributed by atoms with Crippen LogP contribution in [0.1, 0.15) is 18.4 Å². The van der Waals surface area contributed by atoms with E-state index in [0.29, 0.717) is 46.8 Å². The molecule has 2 unspecified atom stereocenters. The van der Waals surface area contributed by atoms with E-state index < -0.39 is 5.72 Å². The number of hydrogen-bond donors (Lipinski definition) is 0. The van der Waals surface area contributed by atoms with Crippen LogP contribution < -0.4 is 4.74 Å². The molecule has 0 aliphatic carbocycles. The zero-order valence-electron chi connectivity index (χ0n) is 13.8. The summed E-state index contributed by atoms with van der Waals surface area (Å²) in [4.78, 5) is 14.2. The Labute approximate surface area is 166 Å². The van der Waals surface area contributed by atoms with Crippen molar-refractivity contribution in [3.63, 3.8) is 0 Å². The van der Waals surface area contributed by atoms with Crippen LogP contribution >= 0.6 is 34.8 Å². The molecule has 4 nitrogen and oxygen atoms in total. The summed E-state index contributed by atoms with van der Waals surface area (Å²) < 4.78 is 12.1. The van der Waals surface area contributed by atoms with Gasteiger partial charge in [-0.1, -0.05) is 40.9 Å². The first-order valence-corrected chi connectivity index (χ1v) is 9.43. The lowest BCUT2D eigenvalue weighted by Crippen LogP contribution is -2.38. The monoisotopic (exact) mass is 411 g/mol. The molecule has 136 valence electrons. The van der Waals surface area contributed by atoms with E-state index >= 15 is 0 Å². The molecule has 2 aliphatic heterocycles. The van der Waals surface area contributed by atoms with Gasteiger partial charge in [-0.25, -0.2) is 0 Å². The topological polar surface area (TPSA) is 38.8 Å². The number of hydrogen-bond acceptors (Lipinski definition) is 3. The standard InChI is InChI=1S/C19H16Cl3NO3/c20-13-2-4-14(5-3-13)25-11-15-10-23-18(24)7-8-19(23,26-15)12-1-6-16(21)17(22)9-12/h1-6,9,15H,7-8,10-11H2. The summed E-state index contributed by atoms with van der Waals surface area (Å²) in [6.07, 6.45) is 0.802. The normalized spacial score (nSPS) is 24.8. The Hall–Kier alpha value is -1.46. The summed E-state index contributed by atoms with van der Waals surface area (Å²) in [7, 11) is 0. The van der Waals surface area contributed by atoms with E-state index in [-0.39, 0.29) is 12.0 Å². The van der Waals surface area contributed by atoms with Gasteiger partial charge in [-0.3, -0.25) is 4.79 Å². The summed E-state index contributed by atoms with van der Waals surface area (Å²) in [5.41, 5.74) is 0.0473. The van der Waals surface area contributed by atoms with Gasteiger partial charge in [0.05, 0.1) is 16.6 Å². The number of ether oxygens (including phenoxy) is 2. The fourth-order valence-corrected chi connectivity index (χ4v) is 3.97. The van der Waals surface area contributed by atoms with E-state index in [9.17, 15) is 4.79 Å². The van der Waals surface area contributed by atoms with Crippen molar-refractivity contribution in [1.82, 2.24) is 4.90 Å². The molecule has 2 fully saturated rings. The van der Waals surface area contributed by atoms with Gasteiger partial charge >= 0.3 is 0 Å². The molecule has 2 aromatic rings. The van der Waals surface area contributed by atoms with Crippen LogP contribution in [0.25, 0.3) is 0 Å². The van der Waals surface area contributed by atoms with Gasteiger partial charge in [0.1, 0.15) is 18.5 Å². The van der Waals surface area contributed by atoms with Crippen molar-refractivity contribution in [1.29, 1.82) is 0 Å². The van der Waals surface area contributed by atoms with Crippen LogP contribution in [0.2, 0.25) is 15.1 Å². The van der Waals surface area contributed by atoms with Gasteiger partial charge in [0.15, 0.2) is 5.72 Å². The van der Waals surface area contributed by atoms with Gasteiger partial charge in [-0.15, -0.1) is 0 Å². The molecule has 4 rings (SSSR count). The van der Waals surface area contributed by atoms with Crippen molar-refractivity contribution >= 4 is 40.7 Å². The first-order valence-electron chi connectivity index (χ1n) is 8.30. The Morgan fingerprint density at radius 1 is 1.12 bits per heavy atom. The Morgan fingerprint density at radius 2 is 1.88 bits per heavy atom. The van der Waals surface area contributed by atoms with Crippen LogP contribution in [0.15, 0.2) is 42.5 Å². The molecule has 0 aromatic heterocycles. The molecule has 2 aromatic carbocycles. The molecule has 0 radical (unpaired) electrons. The third-order valence-corrected chi connectivity index (χ3v) is 5.77. The zero-order chi connectivity index (χ0) is 18.3. The second-order valence-electron chi connectivity index (χ2n) is 6.42. The molecule has 2 atom stereocenters. The van der Waals surface area contributed by atoms with Crippen LogP contribution in [0.3, 0.4) is 0 Å². The first-order chi connectivity index (χ1) is 12.5. The van der Waals surface area contributed by atoms with Gasteiger partial charge in [0.2, 0.25) is 5.91 Å². The molecule has 0 N–H and O–H groups in total. The third kappa shape index (κ3) is 3.16. The Morgan fingerprint density at radius 3 is 2.62 bits per heavy atom. The number of halogens is 3. The summed E-state index contributed by atoms with van der Waals surface area (Å²) in [5, 5.41) is 1.57. The average Bonchev–Trinajstić information content (AvgIpc) is 3.15. The van der Waals surface area contributed by atoms with E-state index in [2.05, 4.69) is 0 Å². The lowest BCUT2D eigenvalue weighted by atomic mass is 10.0. The van der Waals surface area contributed by atoms with Crippen molar-refractivity contribution in [3.8, 4) is 5.75 Å². The molecule has 2 heterocycles. The number of benzene rings is 2. The van der Waals surface area contributed by atoms with Crippen LogP contribution in [0.5, 0.6) is 5.75 Å². The molecule has 1 amide bonds. The fraction of sp³-hybridized carbons (Fsp3) is 0.316. The minimum Gasteiger partial charge on any atom is -0.491 e. The summed E-state index contributed by atoms with van der Waals surface area (Å²) in [5.74, 6) is 0.782. The van der Waals surface area contributed by atoms with Crippen LogP contribution in [0, 0.1) is 0 Å². The quantitative estimate of drug-likeness (QED) is 0.717. The van der Waals surface area contributed by atoms with E-state index in [1.165, 1.54) is 0 Å². The van der Waals surface area contributed by atoms with E-state index in [0.717, 1.165) is 5.56 Å². The first kappa shape index (κ1) is 17.9. The molecular weight excluding hydrogens is 397 g/mol. The molecule has 0 spiro atoms. The average molecular weight is 413 g/mol. The Balaban J connectivity index is 1.54. The highest BCUT2D eigenvalue weighted by Gasteiger charge is 2.54. The molecule has 2 saturated heterocycles. The maximum Gasteiger partial charge on any atom is 0.225 e. The Bertz CT molecular complexity index is 842. The van der Waals surface area contributed by atoms with Crippen LogP contribution in [-0.2, 0) is 15.3 Å². The van der Waals surface area contributed by atoms with Crippen molar-refractivity contribution < 1.29 is 14.3 Å². The molecule has 0 bridgehead atoms. The SMILES string of the molecule is O=C1CCC2(c3ccc(Cl)c(Cl)c3)OC(COc3ccc(Cl)cc3)CN12. The van der Waals surface area contributed by atoms with Crippen molar-refractivity contribution in [2.45, 2.75) is 24.7 Å². The minimum absolute atomic E-state index is 0.0741. The maximum atomic E-state index is 12.4. The summed E-state index contributed by atoms with van der Waals surface area (Å²) in [6, 6.07) is 12.5. The fourth-order valence-electron chi connectivity index (χ4n) is 3.55. The van der Waals surface area contributed by atoms with Gasteiger partial charge in [0.25, 0.3) is 0 Å². The largest absolute Gasteiger partial charge is 0.491 e. The molecular formula is C19H16Cl3NO3. The third-order valence-electron chi connectivity index (χ3n) is 4.78. The molecule has 2 aliphatic rings. The highest BCUT2D eigenvalue weighted by atomic mass is 35.5. The molecule has 0 saturated carbocycles. The lowest BCUT2D eigenvalue weighted by molar-refractivity contribution is -0.140. The van der Waals surface area contributed by atoms with Crippen molar-refractivity contribution in [2.24, 2.45) is 0 Å². The summed E-state index contributed by atoms with van der Waals surface area (Å²) >= 11 is 18.1. The zero-order valence-corrected chi connectivity index (χ0v) is 16.0. The van der Waals surface area contributed by atoms with E-state index in [4.69, 9.17) is 44.3 Å². The number of carbonyl (C=O) groups is 1. The van der Waals surface area contributed by atoms with Gasteiger partial charge in [-0.05, 0) is 36.4 Å². The smallest absolute Gasteiger partial charge is 0.225 e. The number of rotatable bonds is 4. The van der Waals surface area contributed by atoms with Gasteiger partial charge in [0, 0.05) is 23.4 Å². The van der Waals surface area contributed by atoms with Gasteiger partial charge < -0.3 is 14.4 Å². The number of carbonyl (C=O) groups excluding carboxylic acids is 1. The van der Waals surface area contributed by atoms with Crippen molar-refractivity contribution in [3.05, 3.63) is 63.1 Å². The minimum atomic E-state index is -0.792. The second-order valence-corrected chi connectivity index (χ2v) is 7.67.